The van der Waals surface area contributed by atoms with Gasteiger partial charge in [-0.25, -0.2) is 0 Å². The van der Waals surface area contributed by atoms with Crippen LogP contribution in [0.3, 0.4) is 0 Å². The molecular formula is C18H15F3N2O2S2. The zero-order valence-corrected chi connectivity index (χ0v) is 15.6. The van der Waals surface area contributed by atoms with Crippen LogP contribution in [0.4, 0.5) is 18.9 Å². The SMILES string of the molecule is O=C1Nc2cc(C(F)(F)F)ccc2SC1CC(=O)N1CCc2sccc2C1. The molecule has 2 amide bonds. The number of amides is 2. The summed E-state index contributed by atoms with van der Waals surface area (Å²) in [5.41, 5.74) is 0.478. The van der Waals surface area contributed by atoms with Crippen LogP contribution in [0.25, 0.3) is 0 Å². The predicted molar refractivity (Wildman–Crippen MR) is 97.8 cm³/mol. The molecule has 0 bridgehead atoms. The molecular weight excluding hydrogens is 397 g/mol. The molecule has 2 aromatic rings. The predicted octanol–water partition coefficient (Wildman–Crippen LogP) is 4.15. The monoisotopic (exact) mass is 412 g/mol. The van der Waals surface area contributed by atoms with Crippen LogP contribution < -0.4 is 5.32 Å². The topological polar surface area (TPSA) is 49.4 Å². The summed E-state index contributed by atoms with van der Waals surface area (Å²) < 4.78 is 38.5. The molecule has 2 aliphatic heterocycles. The fourth-order valence-electron chi connectivity index (χ4n) is 3.21. The first-order valence-corrected chi connectivity index (χ1v) is 10.1. The van der Waals surface area contributed by atoms with E-state index in [0.717, 1.165) is 35.9 Å². The van der Waals surface area contributed by atoms with Gasteiger partial charge in [-0.3, -0.25) is 9.59 Å². The van der Waals surface area contributed by atoms with Crippen molar-refractivity contribution in [3.05, 3.63) is 45.6 Å². The van der Waals surface area contributed by atoms with Crippen molar-refractivity contribution in [2.45, 2.75) is 35.7 Å². The van der Waals surface area contributed by atoms with Crippen molar-refractivity contribution < 1.29 is 22.8 Å². The van der Waals surface area contributed by atoms with E-state index in [9.17, 15) is 22.8 Å². The number of nitrogens with one attached hydrogen (secondary N) is 1. The molecule has 1 aromatic carbocycles. The van der Waals surface area contributed by atoms with Crippen molar-refractivity contribution in [3.8, 4) is 0 Å². The largest absolute Gasteiger partial charge is 0.416 e. The Kier molecular flexibility index (Phi) is 4.67. The van der Waals surface area contributed by atoms with Crippen LogP contribution in [0.5, 0.6) is 0 Å². The molecule has 0 aliphatic carbocycles. The number of thiophene rings is 1. The van der Waals surface area contributed by atoms with Crippen LogP contribution in [0, 0.1) is 0 Å². The van der Waals surface area contributed by atoms with Gasteiger partial charge in [0.1, 0.15) is 0 Å². The summed E-state index contributed by atoms with van der Waals surface area (Å²) >= 11 is 2.82. The zero-order chi connectivity index (χ0) is 19.2. The highest BCUT2D eigenvalue weighted by atomic mass is 32.2. The maximum absolute atomic E-state index is 12.8. The van der Waals surface area contributed by atoms with Crippen molar-refractivity contribution in [3.63, 3.8) is 0 Å². The van der Waals surface area contributed by atoms with Crippen molar-refractivity contribution in [1.29, 1.82) is 0 Å². The van der Waals surface area contributed by atoms with E-state index in [1.54, 1.807) is 16.2 Å². The lowest BCUT2D eigenvalue weighted by Crippen LogP contribution is -2.39. The van der Waals surface area contributed by atoms with E-state index in [2.05, 4.69) is 5.32 Å². The number of hydrogen-bond acceptors (Lipinski definition) is 4. The van der Waals surface area contributed by atoms with Gasteiger partial charge in [0.25, 0.3) is 0 Å². The zero-order valence-electron chi connectivity index (χ0n) is 14.0. The molecule has 4 rings (SSSR count). The minimum absolute atomic E-state index is 0.0242. The Hall–Kier alpha value is -2.00. The van der Waals surface area contributed by atoms with Crippen molar-refractivity contribution in [1.82, 2.24) is 4.90 Å². The molecule has 2 aliphatic rings. The molecule has 1 N–H and O–H groups in total. The number of fused-ring (bicyclic) bond motifs is 2. The van der Waals surface area contributed by atoms with Crippen molar-refractivity contribution in [2.75, 3.05) is 11.9 Å². The molecule has 1 atom stereocenters. The summed E-state index contributed by atoms with van der Waals surface area (Å²) in [6, 6.07) is 5.28. The van der Waals surface area contributed by atoms with Gasteiger partial charge in [-0.2, -0.15) is 13.2 Å². The van der Waals surface area contributed by atoms with Gasteiger partial charge in [-0.15, -0.1) is 23.1 Å². The van der Waals surface area contributed by atoms with Gasteiger partial charge in [0.2, 0.25) is 11.8 Å². The number of rotatable bonds is 2. The van der Waals surface area contributed by atoms with Gasteiger partial charge in [0, 0.05) is 29.3 Å². The van der Waals surface area contributed by atoms with E-state index >= 15 is 0 Å². The molecule has 0 fully saturated rings. The number of benzene rings is 1. The third kappa shape index (κ3) is 3.70. The van der Waals surface area contributed by atoms with E-state index in [4.69, 9.17) is 0 Å². The smallest absolute Gasteiger partial charge is 0.338 e. The van der Waals surface area contributed by atoms with Gasteiger partial charge in [0.05, 0.1) is 16.5 Å². The van der Waals surface area contributed by atoms with Gasteiger partial charge < -0.3 is 10.2 Å². The molecule has 142 valence electrons. The first-order valence-electron chi connectivity index (χ1n) is 8.33. The number of nitrogens with zero attached hydrogens (tertiary/aromatic N) is 1. The normalized spacial score (nSPS) is 19.3. The highest BCUT2D eigenvalue weighted by Crippen LogP contribution is 2.40. The maximum atomic E-state index is 12.8. The standard InChI is InChI=1S/C18H15F3N2O2S2/c19-18(20,21)11-1-2-14-12(7-11)22-17(25)15(27-14)8-16(24)23-5-3-13-10(9-23)4-6-26-13/h1-2,4,6-7,15H,3,5,8-9H2,(H,22,25). The van der Waals surface area contributed by atoms with Gasteiger partial charge in [0.15, 0.2) is 0 Å². The fourth-order valence-corrected chi connectivity index (χ4v) is 5.18. The Morgan fingerprint density at radius 3 is 2.89 bits per heavy atom. The van der Waals surface area contributed by atoms with Crippen molar-refractivity contribution in [2.24, 2.45) is 0 Å². The summed E-state index contributed by atoms with van der Waals surface area (Å²) in [6.07, 6.45) is -3.63. The van der Waals surface area contributed by atoms with Gasteiger partial charge >= 0.3 is 6.18 Å². The highest BCUT2D eigenvalue weighted by Gasteiger charge is 2.35. The number of carbonyl (C=O) groups excluding carboxylic acids is 2. The lowest BCUT2D eigenvalue weighted by atomic mass is 10.1. The van der Waals surface area contributed by atoms with Crippen LogP contribution in [0.2, 0.25) is 0 Å². The quantitative estimate of drug-likeness (QED) is 0.806. The molecule has 0 saturated heterocycles. The third-order valence-corrected chi connectivity index (χ3v) is 6.94. The minimum atomic E-state index is -4.47. The fraction of sp³-hybridized carbons (Fsp3) is 0.333. The number of anilines is 1. The minimum Gasteiger partial charge on any atom is -0.338 e. The van der Waals surface area contributed by atoms with Crippen LogP contribution in [-0.2, 0) is 28.7 Å². The third-order valence-electron chi connectivity index (χ3n) is 4.65. The van der Waals surface area contributed by atoms with E-state index in [1.165, 1.54) is 10.9 Å². The first kappa shape index (κ1) is 18.4. The number of halogens is 3. The average molecular weight is 412 g/mol. The van der Waals surface area contributed by atoms with Crippen LogP contribution in [-0.4, -0.2) is 28.5 Å². The summed E-state index contributed by atoms with van der Waals surface area (Å²) in [4.78, 5) is 28.5. The summed E-state index contributed by atoms with van der Waals surface area (Å²) in [6.45, 7) is 1.17. The second kappa shape index (κ2) is 6.87. The van der Waals surface area contributed by atoms with Crippen molar-refractivity contribution >= 4 is 40.6 Å². The van der Waals surface area contributed by atoms with E-state index in [1.807, 2.05) is 11.4 Å². The van der Waals surface area contributed by atoms with Gasteiger partial charge in [-0.05, 0) is 41.6 Å². The maximum Gasteiger partial charge on any atom is 0.416 e. The Morgan fingerprint density at radius 2 is 2.11 bits per heavy atom. The lowest BCUT2D eigenvalue weighted by molar-refractivity contribution is -0.137. The molecule has 0 spiro atoms. The molecule has 1 unspecified atom stereocenters. The number of hydrogen-bond donors (Lipinski definition) is 1. The molecule has 0 saturated carbocycles. The molecule has 3 heterocycles. The molecule has 4 nitrogen and oxygen atoms in total. The highest BCUT2D eigenvalue weighted by molar-refractivity contribution is 8.01. The molecule has 27 heavy (non-hydrogen) atoms. The Balaban J connectivity index is 1.45. The molecule has 1 aromatic heterocycles. The van der Waals surface area contributed by atoms with Gasteiger partial charge in [-0.1, -0.05) is 0 Å². The lowest BCUT2D eigenvalue weighted by Gasteiger charge is -2.30. The van der Waals surface area contributed by atoms with Crippen LogP contribution in [0.1, 0.15) is 22.4 Å². The Bertz CT molecular complexity index is 910. The summed E-state index contributed by atoms with van der Waals surface area (Å²) in [5.74, 6) is -0.553. The second-order valence-corrected chi connectivity index (χ2v) is 8.69. The number of thioether (sulfide) groups is 1. The molecule has 0 radical (unpaired) electrons. The summed E-state index contributed by atoms with van der Waals surface area (Å²) in [5, 5.41) is 3.87. The Labute approximate surface area is 161 Å². The average Bonchev–Trinajstić information content (AvgIpc) is 3.08. The number of carbonyl (C=O) groups is 2. The van der Waals surface area contributed by atoms with Crippen LogP contribution >= 0.6 is 23.1 Å². The van der Waals surface area contributed by atoms with E-state index in [-0.39, 0.29) is 18.0 Å². The second-order valence-electron chi connectivity index (χ2n) is 6.44. The summed E-state index contributed by atoms with van der Waals surface area (Å²) in [7, 11) is 0. The van der Waals surface area contributed by atoms with Crippen LogP contribution in [0.15, 0.2) is 34.5 Å². The molecule has 9 heteroatoms. The van der Waals surface area contributed by atoms with E-state index in [0.29, 0.717) is 18.0 Å². The Morgan fingerprint density at radius 1 is 1.30 bits per heavy atom. The first-order chi connectivity index (χ1) is 12.8. The van der Waals surface area contributed by atoms with E-state index < -0.39 is 22.9 Å². The number of alkyl halides is 3.